The Balaban J connectivity index is 1.74. The van der Waals surface area contributed by atoms with Crippen LogP contribution < -0.4 is 4.74 Å². The largest absolute Gasteiger partial charge is 0.489 e. The summed E-state index contributed by atoms with van der Waals surface area (Å²) < 4.78 is 21.1. The Kier molecular flexibility index (Phi) is 5.90. The van der Waals surface area contributed by atoms with E-state index in [2.05, 4.69) is 48.0 Å². The number of hydrogen-bond donors (Lipinski definition) is 0. The second kappa shape index (κ2) is 8.52. The Hall–Kier alpha value is -2.81. The van der Waals surface area contributed by atoms with E-state index >= 15 is 0 Å². The second-order valence-corrected chi connectivity index (χ2v) is 6.37. The van der Waals surface area contributed by atoms with Gasteiger partial charge >= 0.3 is 0 Å². The van der Waals surface area contributed by atoms with Gasteiger partial charge in [0.1, 0.15) is 12.4 Å². The molecule has 0 saturated heterocycles. The van der Waals surface area contributed by atoms with Crippen LogP contribution in [0.15, 0.2) is 84.3 Å². The van der Waals surface area contributed by atoms with Gasteiger partial charge in [0.15, 0.2) is 0 Å². The van der Waals surface area contributed by atoms with Crippen LogP contribution in [-0.2, 0) is 13.2 Å². The summed E-state index contributed by atoms with van der Waals surface area (Å²) in [6.45, 7) is 4.87. The minimum atomic E-state index is -0.173. The lowest BCUT2D eigenvalue weighted by molar-refractivity contribution is 0.306. The molecule has 134 valence electrons. The standard InChI is InChI=1S/C23H24FNO/c1-3-19(10-9-18(2)24)16-25-14-13-21-15-22(11-12-23(21)25)26-17-20-7-5-4-6-8-20/h4-15H,3,16-17H2,1-2H3/b18-9+,19-10+. The summed E-state index contributed by atoms with van der Waals surface area (Å²) in [6, 6.07) is 18.4. The molecule has 0 N–H and O–H groups in total. The molecular weight excluding hydrogens is 325 g/mol. The number of aromatic nitrogens is 1. The first-order valence-electron chi connectivity index (χ1n) is 8.93. The zero-order chi connectivity index (χ0) is 18.4. The third kappa shape index (κ3) is 4.63. The van der Waals surface area contributed by atoms with E-state index in [0.717, 1.165) is 35.2 Å². The molecule has 0 spiro atoms. The van der Waals surface area contributed by atoms with Crippen molar-refractivity contribution in [3.8, 4) is 5.75 Å². The van der Waals surface area contributed by atoms with E-state index in [0.29, 0.717) is 6.61 Å². The van der Waals surface area contributed by atoms with Gasteiger partial charge in [0, 0.05) is 23.6 Å². The molecule has 2 aromatic carbocycles. The van der Waals surface area contributed by atoms with Crippen LogP contribution in [-0.4, -0.2) is 4.57 Å². The highest BCUT2D eigenvalue weighted by atomic mass is 19.1. The smallest absolute Gasteiger partial charge is 0.120 e. The first-order chi connectivity index (χ1) is 12.7. The molecule has 1 heterocycles. The lowest BCUT2D eigenvalue weighted by atomic mass is 10.2. The average Bonchev–Trinajstić information content (AvgIpc) is 3.06. The van der Waals surface area contributed by atoms with Crippen LogP contribution in [0.4, 0.5) is 4.39 Å². The van der Waals surface area contributed by atoms with Crippen molar-refractivity contribution in [3.05, 3.63) is 89.9 Å². The number of rotatable bonds is 7. The van der Waals surface area contributed by atoms with Crippen molar-refractivity contribution in [3.63, 3.8) is 0 Å². The average molecular weight is 349 g/mol. The van der Waals surface area contributed by atoms with Crippen molar-refractivity contribution in [2.24, 2.45) is 0 Å². The number of hydrogen-bond acceptors (Lipinski definition) is 1. The van der Waals surface area contributed by atoms with Crippen LogP contribution in [0, 0.1) is 0 Å². The van der Waals surface area contributed by atoms with Gasteiger partial charge in [-0.15, -0.1) is 0 Å². The predicted molar refractivity (Wildman–Crippen MR) is 106 cm³/mol. The van der Waals surface area contributed by atoms with Crippen molar-refractivity contribution >= 4 is 10.9 Å². The lowest BCUT2D eigenvalue weighted by Crippen LogP contribution is -1.99. The van der Waals surface area contributed by atoms with Crippen molar-refractivity contribution in [2.45, 2.75) is 33.4 Å². The number of allylic oxidation sites excluding steroid dienone is 4. The number of ether oxygens (including phenoxy) is 1. The summed E-state index contributed by atoms with van der Waals surface area (Å²) in [5, 5.41) is 1.14. The van der Waals surface area contributed by atoms with Gasteiger partial charge in [-0.1, -0.05) is 48.9 Å². The zero-order valence-corrected chi connectivity index (χ0v) is 15.3. The van der Waals surface area contributed by atoms with Crippen molar-refractivity contribution in [2.75, 3.05) is 0 Å². The number of benzene rings is 2. The van der Waals surface area contributed by atoms with Crippen LogP contribution >= 0.6 is 0 Å². The van der Waals surface area contributed by atoms with E-state index in [4.69, 9.17) is 4.74 Å². The molecule has 2 nitrogen and oxygen atoms in total. The summed E-state index contributed by atoms with van der Waals surface area (Å²) in [6.07, 6.45) is 6.36. The molecule has 0 fully saturated rings. The van der Waals surface area contributed by atoms with Gasteiger partial charge in [-0.3, -0.25) is 0 Å². The number of fused-ring (bicyclic) bond motifs is 1. The Morgan fingerprint density at radius 3 is 2.62 bits per heavy atom. The molecule has 0 radical (unpaired) electrons. The summed E-state index contributed by atoms with van der Waals surface area (Å²) in [5.74, 6) is 0.690. The monoisotopic (exact) mass is 349 g/mol. The molecule has 0 bridgehead atoms. The minimum Gasteiger partial charge on any atom is -0.489 e. The van der Waals surface area contributed by atoms with Gasteiger partial charge in [0.05, 0.1) is 5.83 Å². The second-order valence-electron chi connectivity index (χ2n) is 6.37. The highest BCUT2D eigenvalue weighted by Crippen LogP contribution is 2.24. The maximum absolute atomic E-state index is 13.0. The normalized spacial score (nSPS) is 12.6. The molecule has 0 aliphatic rings. The van der Waals surface area contributed by atoms with Crippen LogP contribution in [0.2, 0.25) is 0 Å². The highest BCUT2D eigenvalue weighted by Gasteiger charge is 2.05. The molecule has 0 aliphatic heterocycles. The fourth-order valence-corrected chi connectivity index (χ4v) is 2.88. The predicted octanol–water partition coefficient (Wildman–Crippen LogP) is 6.43. The summed E-state index contributed by atoms with van der Waals surface area (Å²) in [4.78, 5) is 0. The molecule has 26 heavy (non-hydrogen) atoms. The van der Waals surface area contributed by atoms with E-state index in [1.807, 2.05) is 30.3 Å². The van der Waals surface area contributed by atoms with E-state index in [1.54, 1.807) is 0 Å². The minimum absolute atomic E-state index is 0.173. The van der Waals surface area contributed by atoms with Crippen molar-refractivity contribution in [1.29, 1.82) is 0 Å². The number of nitrogens with zero attached hydrogens (tertiary/aromatic N) is 1. The van der Waals surface area contributed by atoms with Gasteiger partial charge in [-0.25, -0.2) is 4.39 Å². The van der Waals surface area contributed by atoms with Crippen molar-refractivity contribution < 1.29 is 9.13 Å². The van der Waals surface area contributed by atoms with Crippen LogP contribution in [0.1, 0.15) is 25.8 Å². The zero-order valence-electron chi connectivity index (χ0n) is 15.3. The van der Waals surface area contributed by atoms with Gasteiger partial charge < -0.3 is 9.30 Å². The Bertz CT molecular complexity index is 918. The molecule has 0 amide bonds. The first-order valence-corrected chi connectivity index (χ1v) is 8.93. The fourth-order valence-electron chi connectivity index (χ4n) is 2.88. The summed E-state index contributed by atoms with van der Waals surface area (Å²) >= 11 is 0. The highest BCUT2D eigenvalue weighted by molar-refractivity contribution is 5.81. The maximum atomic E-state index is 13.0. The summed E-state index contributed by atoms with van der Waals surface area (Å²) in [5.41, 5.74) is 3.49. The lowest BCUT2D eigenvalue weighted by Gasteiger charge is -2.09. The quantitative estimate of drug-likeness (QED) is 0.448. The first kappa shape index (κ1) is 18.0. The number of halogens is 1. The van der Waals surface area contributed by atoms with Gasteiger partial charge in [0.2, 0.25) is 0 Å². The van der Waals surface area contributed by atoms with E-state index < -0.39 is 0 Å². The Morgan fingerprint density at radius 1 is 1.08 bits per heavy atom. The van der Waals surface area contributed by atoms with E-state index in [9.17, 15) is 4.39 Å². The molecular formula is C23H24FNO. The molecule has 0 unspecified atom stereocenters. The molecule has 0 aliphatic carbocycles. The molecule has 3 heteroatoms. The van der Waals surface area contributed by atoms with Gasteiger partial charge in [-0.05, 0) is 49.2 Å². The Morgan fingerprint density at radius 2 is 1.88 bits per heavy atom. The van der Waals surface area contributed by atoms with E-state index in [1.165, 1.54) is 18.6 Å². The molecule has 1 aromatic heterocycles. The molecule has 0 saturated carbocycles. The van der Waals surface area contributed by atoms with E-state index in [-0.39, 0.29) is 5.83 Å². The summed E-state index contributed by atoms with van der Waals surface area (Å²) in [7, 11) is 0. The third-order valence-electron chi connectivity index (χ3n) is 4.37. The van der Waals surface area contributed by atoms with Crippen LogP contribution in [0.3, 0.4) is 0 Å². The molecule has 3 aromatic rings. The van der Waals surface area contributed by atoms with Crippen molar-refractivity contribution in [1.82, 2.24) is 4.57 Å². The molecule has 0 atom stereocenters. The van der Waals surface area contributed by atoms with Crippen LogP contribution in [0.25, 0.3) is 10.9 Å². The SMILES string of the molecule is CC/C(=C\C=C(/C)F)Cn1ccc2cc(OCc3ccccc3)ccc21. The Labute approximate surface area is 154 Å². The maximum Gasteiger partial charge on any atom is 0.120 e. The topological polar surface area (TPSA) is 14.2 Å². The van der Waals surface area contributed by atoms with Gasteiger partial charge in [-0.2, -0.15) is 0 Å². The molecule has 3 rings (SSSR count). The van der Waals surface area contributed by atoms with Crippen LogP contribution in [0.5, 0.6) is 5.75 Å². The van der Waals surface area contributed by atoms with Gasteiger partial charge in [0.25, 0.3) is 0 Å². The third-order valence-corrected chi connectivity index (χ3v) is 4.37. The fraction of sp³-hybridized carbons (Fsp3) is 0.217.